The van der Waals surface area contributed by atoms with Gasteiger partial charge in [0.1, 0.15) is 12.0 Å². The molecule has 114 valence electrons. The maximum atomic E-state index is 13.7. The molecule has 2 atom stereocenters. The number of rotatable bonds is 6. The quantitative estimate of drug-likeness (QED) is 0.862. The molecule has 0 saturated carbocycles. The SMILES string of the molecule is Cn1ccnc1CN1C[C@@H](F)C[C@H]1CNCc1csnn1. The Morgan fingerprint density at radius 1 is 1.52 bits per heavy atom. The van der Waals surface area contributed by atoms with Gasteiger partial charge in [-0.05, 0) is 18.0 Å². The second-order valence-electron chi connectivity index (χ2n) is 5.40. The number of nitrogens with one attached hydrogen (secondary N) is 1. The van der Waals surface area contributed by atoms with Gasteiger partial charge in [0.15, 0.2) is 0 Å². The molecule has 1 saturated heterocycles. The van der Waals surface area contributed by atoms with E-state index in [2.05, 4.69) is 24.8 Å². The van der Waals surface area contributed by atoms with E-state index in [1.165, 1.54) is 11.5 Å². The van der Waals surface area contributed by atoms with Crippen molar-refractivity contribution in [1.82, 2.24) is 29.4 Å². The molecule has 0 unspecified atom stereocenters. The first-order valence-corrected chi connectivity index (χ1v) is 7.87. The third kappa shape index (κ3) is 3.63. The molecule has 0 radical (unpaired) electrons. The topological polar surface area (TPSA) is 58.9 Å². The van der Waals surface area contributed by atoms with Crippen LogP contribution in [0.5, 0.6) is 0 Å². The van der Waals surface area contributed by atoms with E-state index in [0.29, 0.717) is 26.1 Å². The molecule has 1 fully saturated rings. The van der Waals surface area contributed by atoms with Crippen molar-refractivity contribution in [2.24, 2.45) is 7.05 Å². The minimum absolute atomic E-state index is 0.197. The Kier molecular flexibility index (Phi) is 4.57. The molecular formula is C13H19FN6S. The van der Waals surface area contributed by atoms with Gasteiger partial charge in [0.25, 0.3) is 0 Å². The van der Waals surface area contributed by atoms with Crippen molar-refractivity contribution in [3.8, 4) is 0 Å². The first kappa shape index (κ1) is 14.6. The number of halogens is 1. The second kappa shape index (κ2) is 6.59. The average Bonchev–Trinajstić information content (AvgIpc) is 3.15. The molecule has 3 rings (SSSR count). The molecule has 1 N–H and O–H groups in total. The molecule has 0 bridgehead atoms. The number of likely N-dealkylation sites (tertiary alicyclic amines) is 1. The van der Waals surface area contributed by atoms with E-state index >= 15 is 0 Å². The fraction of sp³-hybridized carbons (Fsp3) is 0.615. The van der Waals surface area contributed by atoms with E-state index in [-0.39, 0.29) is 6.04 Å². The van der Waals surface area contributed by atoms with Crippen LogP contribution >= 0.6 is 11.5 Å². The highest BCUT2D eigenvalue weighted by Gasteiger charge is 2.32. The molecule has 1 aliphatic heterocycles. The highest BCUT2D eigenvalue weighted by molar-refractivity contribution is 7.03. The van der Waals surface area contributed by atoms with Crippen LogP contribution in [0, 0.1) is 0 Å². The van der Waals surface area contributed by atoms with Gasteiger partial charge in [0.2, 0.25) is 0 Å². The summed E-state index contributed by atoms with van der Waals surface area (Å²) in [7, 11) is 1.97. The zero-order chi connectivity index (χ0) is 14.7. The van der Waals surface area contributed by atoms with Crippen LogP contribution in [-0.2, 0) is 20.1 Å². The predicted octanol–water partition coefficient (Wildman–Crippen LogP) is 0.974. The molecule has 2 aromatic rings. The summed E-state index contributed by atoms with van der Waals surface area (Å²) < 4.78 is 19.5. The van der Waals surface area contributed by atoms with Gasteiger partial charge in [0.05, 0.1) is 12.2 Å². The van der Waals surface area contributed by atoms with Gasteiger partial charge in [-0.2, -0.15) is 0 Å². The molecule has 0 aliphatic carbocycles. The van der Waals surface area contributed by atoms with Crippen molar-refractivity contribution in [2.45, 2.75) is 31.7 Å². The Balaban J connectivity index is 1.53. The molecule has 0 aromatic carbocycles. The number of imidazole rings is 1. The fourth-order valence-electron chi connectivity index (χ4n) is 2.69. The lowest BCUT2D eigenvalue weighted by Gasteiger charge is -2.23. The summed E-state index contributed by atoms with van der Waals surface area (Å²) in [6.45, 7) is 2.61. The van der Waals surface area contributed by atoms with Gasteiger partial charge in [-0.15, -0.1) is 5.10 Å². The Labute approximate surface area is 127 Å². The van der Waals surface area contributed by atoms with Crippen molar-refractivity contribution in [2.75, 3.05) is 13.1 Å². The molecule has 0 amide bonds. The third-order valence-electron chi connectivity index (χ3n) is 3.83. The Bertz CT molecular complexity index is 557. The third-order valence-corrected chi connectivity index (χ3v) is 4.39. The minimum Gasteiger partial charge on any atom is -0.337 e. The van der Waals surface area contributed by atoms with Crippen LogP contribution in [0.3, 0.4) is 0 Å². The summed E-state index contributed by atoms with van der Waals surface area (Å²) in [6.07, 6.45) is 3.52. The highest BCUT2D eigenvalue weighted by atomic mass is 32.1. The van der Waals surface area contributed by atoms with Crippen LogP contribution in [0.4, 0.5) is 4.39 Å². The molecule has 2 aromatic heterocycles. The number of hydrogen-bond donors (Lipinski definition) is 1. The molecular weight excluding hydrogens is 291 g/mol. The normalized spacial score (nSPS) is 23.0. The number of alkyl halides is 1. The summed E-state index contributed by atoms with van der Waals surface area (Å²) in [4.78, 5) is 6.49. The molecule has 21 heavy (non-hydrogen) atoms. The zero-order valence-corrected chi connectivity index (χ0v) is 12.8. The fourth-order valence-corrected chi connectivity index (χ4v) is 3.14. The van der Waals surface area contributed by atoms with Gasteiger partial charge in [-0.1, -0.05) is 4.49 Å². The van der Waals surface area contributed by atoms with E-state index in [4.69, 9.17) is 0 Å². The molecule has 8 heteroatoms. The van der Waals surface area contributed by atoms with Crippen molar-refractivity contribution in [1.29, 1.82) is 0 Å². The van der Waals surface area contributed by atoms with Crippen molar-refractivity contribution >= 4 is 11.5 Å². The van der Waals surface area contributed by atoms with Crippen LogP contribution in [0.25, 0.3) is 0 Å². The monoisotopic (exact) mass is 310 g/mol. The van der Waals surface area contributed by atoms with Gasteiger partial charge >= 0.3 is 0 Å². The maximum Gasteiger partial charge on any atom is 0.122 e. The number of aryl methyl sites for hydroxylation is 1. The van der Waals surface area contributed by atoms with Crippen LogP contribution in [-0.4, -0.2) is 49.3 Å². The van der Waals surface area contributed by atoms with E-state index in [0.717, 1.165) is 18.1 Å². The number of nitrogens with zero attached hydrogens (tertiary/aromatic N) is 5. The lowest BCUT2D eigenvalue weighted by molar-refractivity contribution is 0.222. The summed E-state index contributed by atoms with van der Waals surface area (Å²) in [5, 5.41) is 9.26. The largest absolute Gasteiger partial charge is 0.337 e. The summed E-state index contributed by atoms with van der Waals surface area (Å²) in [5.74, 6) is 0.970. The molecule has 6 nitrogen and oxygen atoms in total. The van der Waals surface area contributed by atoms with Crippen LogP contribution in [0.15, 0.2) is 17.8 Å². The Morgan fingerprint density at radius 3 is 3.14 bits per heavy atom. The smallest absolute Gasteiger partial charge is 0.122 e. The molecule has 3 heterocycles. The van der Waals surface area contributed by atoms with E-state index in [1.54, 1.807) is 6.20 Å². The van der Waals surface area contributed by atoms with Crippen LogP contribution in [0.2, 0.25) is 0 Å². The lowest BCUT2D eigenvalue weighted by atomic mass is 10.2. The standard InChI is InChI=1S/C13H19FN6S/c1-19-3-2-16-13(19)8-20-7-10(14)4-12(20)6-15-5-11-9-21-18-17-11/h2-3,9-10,12,15H,4-8H2,1H3/t10-,12-/m0/s1. The number of hydrogen-bond acceptors (Lipinski definition) is 6. The first-order valence-electron chi connectivity index (χ1n) is 7.03. The second-order valence-corrected chi connectivity index (χ2v) is 6.01. The molecule has 0 spiro atoms. The van der Waals surface area contributed by atoms with Gasteiger partial charge < -0.3 is 9.88 Å². The van der Waals surface area contributed by atoms with Crippen molar-refractivity contribution < 1.29 is 4.39 Å². The van der Waals surface area contributed by atoms with Crippen molar-refractivity contribution in [3.63, 3.8) is 0 Å². The first-order chi connectivity index (χ1) is 10.2. The van der Waals surface area contributed by atoms with Gasteiger partial charge in [-0.25, -0.2) is 9.37 Å². The summed E-state index contributed by atoms with van der Waals surface area (Å²) >= 11 is 1.35. The number of aromatic nitrogens is 4. The lowest BCUT2D eigenvalue weighted by Crippen LogP contribution is -2.37. The molecule has 1 aliphatic rings. The van der Waals surface area contributed by atoms with Crippen LogP contribution < -0.4 is 5.32 Å². The average molecular weight is 310 g/mol. The minimum atomic E-state index is -0.752. The van der Waals surface area contributed by atoms with E-state index in [9.17, 15) is 4.39 Å². The van der Waals surface area contributed by atoms with Crippen LogP contribution in [0.1, 0.15) is 17.9 Å². The van der Waals surface area contributed by atoms with Gasteiger partial charge in [0, 0.05) is 50.5 Å². The zero-order valence-electron chi connectivity index (χ0n) is 11.9. The van der Waals surface area contributed by atoms with E-state index < -0.39 is 6.17 Å². The van der Waals surface area contributed by atoms with Crippen molar-refractivity contribution in [3.05, 3.63) is 29.3 Å². The maximum absolute atomic E-state index is 13.7. The van der Waals surface area contributed by atoms with Gasteiger partial charge in [-0.3, -0.25) is 4.90 Å². The van der Waals surface area contributed by atoms with E-state index in [1.807, 2.05) is 23.2 Å². The predicted molar refractivity (Wildman–Crippen MR) is 78.5 cm³/mol. The summed E-state index contributed by atoms with van der Waals surface area (Å²) in [5.41, 5.74) is 0.936. The Hall–Kier alpha value is -1.38. The highest BCUT2D eigenvalue weighted by Crippen LogP contribution is 2.21. The summed E-state index contributed by atoms with van der Waals surface area (Å²) in [6, 6.07) is 0.197. The Morgan fingerprint density at radius 2 is 2.43 bits per heavy atom.